The zero-order valence-corrected chi connectivity index (χ0v) is 15.3. The number of ether oxygens (including phenoxy) is 3. The molecular weight excluding hydrogens is 330 g/mol. The molecule has 5 nitrogen and oxygen atoms in total. The summed E-state index contributed by atoms with van der Waals surface area (Å²) in [5.41, 5.74) is 2.69. The number of hydrogen-bond acceptors (Lipinski definition) is 4. The van der Waals surface area contributed by atoms with E-state index < -0.39 is 0 Å². The molecule has 1 aliphatic heterocycles. The highest BCUT2D eigenvalue weighted by Gasteiger charge is 2.20. The summed E-state index contributed by atoms with van der Waals surface area (Å²) in [6.45, 7) is 0.907. The normalized spacial score (nSPS) is 12.5. The maximum atomic E-state index is 12.7. The highest BCUT2D eigenvalue weighted by atomic mass is 16.5. The number of carbonyl (C=O) groups excluding carboxylic acids is 1. The van der Waals surface area contributed by atoms with Gasteiger partial charge < -0.3 is 19.1 Å². The predicted molar refractivity (Wildman–Crippen MR) is 101 cm³/mol. The lowest BCUT2D eigenvalue weighted by atomic mass is 10.1. The zero-order chi connectivity index (χ0) is 18.5. The van der Waals surface area contributed by atoms with E-state index in [-0.39, 0.29) is 5.91 Å². The van der Waals surface area contributed by atoms with Crippen LogP contribution in [-0.2, 0) is 11.2 Å². The first kappa shape index (κ1) is 17.9. The third kappa shape index (κ3) is 3.82. The third-order valence-electron chi connectivity index (χ3n) is 4.44. The second-order valence-electron chi connectivity index (χ2n) is 6.16. The van der Waals surface area contributed by atoms with Crippen molar-refractivity contribution in [3.63, 3.8) is 0 Å². The summed E-state index contributed by atoms with van der Waals surface area (Å²) in [4.78, 5) is 14.4. The molecule has 0 unspecified atom stereocenters. The van der Waals surface area contributed by atoms with Gasteiger partial charge in [-0.25, -0.2) is 0 Å². The molecule has 0 N–H and O–H groups in total. The topological polar surface area (TPSA) is 48.0 Å². The molecule has 0 saturated heterocycles. The standard InChI is InChI=1S/C21H23NO4/c1-22(11-10-15-8-9-19(24-2)20(12-15)25-3)21(23)17-13-16-6-4-5-7-18(16)26-14-17/h4-9,12-13H,10-11,14H2,1-3H3. The molecule has 0 fully saturated rings. The first-order valence-electron chi connectivity index (χ1n) is 8.51. The van der Waals surface area contributed by atoms with Crippen LogP contribution in [0.4, 0.5) is 0 Å². The molecule has 0 aromatic heterocycles. The van der Waals surface area contributed by atoms with Crippen LogP contribution in [0.2, 0.25) is 0 Å². The van der Waals surface area contributed by atoms with E-state index in [9.17, 15) is 4.79 Å². The van der Waals surface area contributed by atoms with Crippen LogP contribution in [0.15, 0.2) is 48.0 Å². The molecule has 0 aliphatic carbocycles. The Hall–Kier alpha value is -2.95. The van der Waals surface area contributed by atoms with Gasteiger partial charge in [-0.3, -0.25) is 4.79 Å². The van der Waals surface area contributed by atoms with Crippen molar-refractivity contribution in [2.75, 3.05) is 34.4 Å². The fourth-order valence-corrected chi connectivity index (χ4v) is 2.92. The highest BCUT2D eigenvalue weighted by Crippen LogP contribution is 2.28. The Morgan fingerprint density at radius 3 is 2.65 bits per heavy atom. The van der Waals surface area contributed by atoms with Gasteiger partial charge in [-0.2, -0.15) is 0 Å². The average Bonchev–Trinajstić information content (AvgIpc) is 2.70. The van der Waals surface area contributed by atoms with Crippen LogP contribution in [0.25, 0.3) is 6.08 Å². The molecule has 0 atom stereocenters. The van der Waals surface area contributed by atoms with Crippen molar-refractivity contribution in [2.45, 2.75) is 6.42 Å². The van der Waals surface area contributed by atoms with E-state index in [4.69, 9.17) is 14.2 Å². The Kier molecular flexibility index (Phi) is 5.46. The number of fused-ring (bicyclic) bond motifs is 1. The summed E-state index contributed by atoms with van der Waals surface area (Å²) in [5, 5.41) is 0. The molecular formula is C21H23NO4. The molecule has 1 amide bonds. The summed E-state index contributed by atoms with van der Waals surface area (Å²) >= 11 is 0. The maximum Gasteiger partial charge on any atom is 0.253 e. The molecule has 0 radical (unpaired) electrons. The van der Waals surface area contributed by atoms with Gasteiger partial charge in [-0.05, 0) is 36.3 Å². The number of amides is 1. The number of para-hydroxylation sites is 1. The quantitative estimate of drug-likeness (QED) is 0.800. The van der Waals surface area contributed by atoms with Crippen molar-refractivity contribution in [1.82, 2.24) is 4.90 Å². The van der Waals surface area contributed by atoms with Crippen LogP contribution in [-0.4, -0.2) is 45.2 Å². The Balaban J connectivity index is 1.64. The fraction of sp³-hybridized carbons (Fsp3) is 0.286. The van der Waals surface area contributed by atoms with Crippen molar-refractivity contribution in [3.8, 4) is 17.2 Å². The van der Waals surface area contributed by atoms with E-state index in [1.165, 1.54) is 0 Å². The molecule has 1 heterocycles. The number of carbonyl (C=O) groups is 1. The molecule has 2 aromatic carbocycles. The van der Waals surface area contributed by atoms with Gasteiger partial charge in [-0.15, -0.1) is 0 Å². The number of hydrogen-bond donors (Lipinski definition) is 0. The van der Waals surface area contributed by atoms with Crippen molar-refractivity contribution < 1.29 is 19.0 Å². The van der Waals surface area contributed by atoms with Crippen molar-refractivity contribution in [3.05, 3.63) is 59.2 Å². The van der Waals surface area contributed by atoms with Gasteiger partial charge in [0.25, 0.3) is 5.91 Å². The fourth-order valence-electron chi connectivity index (χ4n) is 2.92. The Morgan fingerprint density at radius 1 is 1.12 bits per heavy atom. The summed E-state index contributed by atoms with van der Waals surface area (Å²) in [6, 6.07) is 13.5. The maximum absolute atomic E-state index is 12.7. The summed E-state index contributed by atoms with van der Waals surface area (Å²) < 4.78 is 16.3. The van der Waals surface area contributed by atoms with E-state index in [0.717, 1.165) is 23.3 Å². The van der Waals surface area contributed by atoms with Gasteiger partial charge in [0, 0.05) is 19.2 Å². The van der Waals surface area contributed by atoms with E-state index in [0.29, 0.717) is 30.2 Å². The molecule has 0 saturated carbocycles. The lowest BCUT2D eigenvalue weighted by Crippen LogP contribution is -2.32. The van der Waals surface area contributed by atoms with Crippen LogP contribution in [0.5, 0.6) is 17.2 Å². The number of rotatable bonds is 6. The molecule has 136 valence electrons. The minimum absolute atomic E-state index is 0.0139. The monoisotopic (exact) mass is 353 g/mol. The van der Waals surface area contributed by atoms with Crippen LogP contribution in [0.1, 0.15) is 11.1 Å². The minimum atomic E-state index is -0.0139. The second kappa shape index (κ2) is 7.95. The summed E-state index contributed by atoms with van der Waals surface area (Å²) in [5.74, 6) is 2.19. The third-order valence-corrected chi connectivity index (χ3v) is 4.44. The van der Waals surface area contributed by atoms with Gasteiger partial charge in [0.1, 0.15) is 12.4 Å². The lowest BCUT2D eigenvalue weighted by Gasteiger charge is -2.22. The van der Waals surface area contributed by atoms with Crippen LogP contribution in [0, 0.1) is 0 Å². The number of likely N-dealkylation sites (N-methyl/N-ethyl adjacent to an activating group) is 1. The van der Waals surface area contributed by atoms with Gasteiger partial charge in [0.2, 0.25) is 0 Å². The van der Waals surface area contributed by atoms with E-state index in [1.807, 2.05) is 55.6 Å². The number of methoxy groups -OCH3 is 2. The first-order valence-corrected chi connectivity index (χ1v) is 8.51. The van der Waals surface area contributed by atoms with Crippen molar-refractivity contribution in [1.29, 1.82) is 0 Å². The van der Waals surface area contributed by atoms with Gasteiger partial charge in [-0.1, -0.05) is 24.3 Å². The summed E-state index contributed by atoms with van der Waals surface area (Å²) in [7, 11) is 5.04. The first-order chi connectivity index (χ1) is 12.6. The molecule has 2 aromatic rings. The Bertz CT molecular complexity index is 829. The predicted octanol–water partition coefficient (Wildman–Crippen LogP) is 3.18. The SMILES string of the molecule is COc1ccc(CCN(C)C(=O)C2=Cc3ccccc3OC2)cc1OC. The molecule has 0 spiro atoms. The largest absolute Gasteiger partial charge is 0.493 e. The Labute approximate surface area is 153 Å². The van der Waals surface area contributed by atoms with E-state index in [2.05, 4.69) is 0 Å². The minimum Gasteiger partial charge on any atom is -0.493 e. The number of nitrogens with zero attached hydrogens (tertiary/aromatic N) is 1. The molecule has 26 heavy (non-hydrogen) atoms. The van der Waals surface area contributed by atoms with Crippen molar-refractivity contribution >= 4 is 12.0 Å². The lowest BCUT2D eigenvalue weighted by molar-refractivity contribution is -0.126. The Morgan fingerprint density at radius 2 is 1.88 bits per heavy atom. The number of benzene rings is 2. The van der Waals surface area contributed by atoms with Crippen LogP contribution >= 0.6 is 0 Å². The average molecular weight is 353 g/mol. The van der Waals surface area contributed by atoms with Crippen LogP contribution < -0.4 is 14.2 Å². The van der Waals surface area contributed by atoms with Gasteiger partial charge in [0.15, 0.2) is 11.5 Å². The van der Waals surface area contributed by atoms with E-state index >= 15 is 0 Å². The smallest absolute Gasteiger partial charge is 0.253 e. The molecule has 0 bridgehead atoms. The molecule has 1 aliphatic rings. The van der Waals surface area contributed by atoms with Gasteiger partial charge >= 0.3 is 0 Å². The van der Waals surface area contributed by atoms with Gasteiger partial charge in [0.05, 0.1) is 19.8 Å². The van der Waals surface area contributed by atoms with Crippen LogP contribution in [0.3, 0.4) is 0 Å². The van der Waals surface area contributed by atoms with Crippen molar-refractivity contribution in [2.24, 2.45) is 0 Å². The molecule has 5 heteroatoms. The highest BCUT2D eigenvalue weighted by molar-refractivity contribution is 5.99. The second-order valence-corrected chi connectivity index (χ2v) is 6.16. The molecule has 3 rings (SSSR count). The zero-order valence-electron chi connectivity index (χ0n) is 15.3. The van der Waals surface area contributed by atoms with E-state index in [1.54, 1.807) is 19.1 Å². The summed E-state index contributed by atoms with van der Waals surface area (Å²) in [6.07, 6.45) is 2.64.